The first-order valence-electron chi connectivity index (χ1n) is 12.7. The molecule has 4 aromatic rings. The Hall–Kier alpha value is -3.61. The summed E-state index contributed by atoms with van der Waals surface area (Å²) in [7, 11) is 1.66. The molecule has 6 rings (SSSR count). The molecule has 0 bridgehead atoms. The standard InChI is InChI=1S/C26H30N8O3S/c1-17-21(9-19(11-27-17)30-23(35)15-32-6-5-26(16-32)3-4-26)31-24(36)20-12-29-34-14-22(38-25(20)34)18-10-28-33(13-18)7-8-37-2/h9-14H,3-8,15-16H2,1-2H3,(H,30,35)(H,31,36). The minimum Gasteiger partial charge on any atom is -0.383 e. The van der Waals surface area contributed by atoms with Gasteiger partial charge >= 0.3 is 0 Å². The number of amides is 2. The number of aryl methyl sites for hydroxylation is 1. The molecule has 5 heterocycles. The maximum absolute atomic E-state index is 13.2. The van der Waals surface area contributed by atoms with Gasteiger partial charge < -0.3 is 15.4 Å². The maximum Gasteiger partial charge on any atom is 0.260 e. The van der Waals surface area contributed by atoms with Crippen molar-refractivity contribution in [2.75, 3.05) is 44.0 Å². The number of methoxy groups -OCH3 is 1. The van der Waals surface area contributed by atoms with Crippen LogP contribution in [0.5, 0.6) is 0 Å². The Balaban J connectivity index is 1.13. The Morgan fingerprint density at radius 1 is 1.13 bits per heavy atom. The lowest BCUT2D eigenvalue weighted by molar-refractivity contribution is -0.117. The molecule has 11 nitrogen and oxygen atoms in total. The van der Waals surface area contributed by atoms with Crippen molar-refractivity contribution < 1.29 is 14.3 Å². The monoisotopic (exact) mass is 534 g/mol. The number of carbonyl (C=O) groups excluding carboxylic acids is 2. The third-order valence-electron chi connectivity index (χ3n) is 7.34. The molecule has 4 aromatic heterocycles. The third kappa shape index (κ3) is 5.06. The fourth-order valence-corrected chi connectivity index (χ4v) is 5.98. The molecular formula is C26H30N8O3S. The summed E-state index contributed by atoms with van der Waals surface area (Å²) < 4.78 is 8.64. The number of nitrogens with zero attached hydrogens (tertiary/aromatic N) is 6. The van der Waals surface area contributed by atoms with Crippen LogP contribution in [0.15, 0.2) is 37.1 Å². The Morgan fingerprint density at radius 2 is 2.00 bits per heavy atom. The van der Waals surface area contributed by atoms with Gasteiger partial charge in [-0.2, -0.15) is 10.2 Å². The van der Waals surface area contributed by atoms with Gasteiger partial charge in [0, 0.05) is 31.6 Å². The lowest BCUT2D eigenvalue weighted by Gasteiger charge is -2.16. The van der Waals surface area contributed by atoms with E-state index >= 15 is 0 Å². The zero-order valence-electron chi connectivity index (χ0n) is 21.4. The molecule has 1 aliphatic carbocycles. The summed E-state index contributed by atoms with van der Waals surface area (Å²) in [5, 5.41) is 14.6. The SMILES string of the molecule is COCCn1cc(-c2cn3ncc(C(=O)Nc4cc(NC(=O)CN5CCC6(CC6)C5)cnc4C)c3s2)cn1. The molecule has 2 aliphatic rings. The number of thiazole rings is 1. The quantitative estimate of drug-likeness (QED) is 0.338. The predicted molar refractivity (Wildman–Crippen MR) is 144 cm³/mol. The molecule has 0 atom stereocenters. The molecular weight excluding hydrogens is 504 g/mol. The second-order valence-electron chi connectivity index (χ2n) is 10.2. The Kier molecular flexibility index (Phi) is 6.46. The smallest absolute Gasteiger partial charge is 0.260 e. The molecule has 0 radical (unpaired) electrons. The number of ether oxygens (including phenoxy) is 1. The van der Waals surface area contributed by atoms with Crippen LogP contribution in [0.4, 0.5) is 11.4 Å². The number of rotatable bonds is 9. The zero-order valence-corrected chi connectivity index (χ0v) is 22.3. The normalized spacial score (nSPS) is 16.4. The van der Waals surface area contributed by atoms with Gasteiger partial charge in [0.05, 0.1) is 65.8 Å². The fraction of sp³-hybridized carbons (Fsp3) is 0.423. The average Bonchev–Trinajstić information content (AvgIpc) is 3.31. The van der Waals surface area contributed by atoms with Crippen LogP contribution < -0.4 is 10.6 Å². The van der Waals surface area contributed by atoms with E-state index in [2.05, 4.69) is 30.7 Å². The minimum absolute atomic E-state index is 0.0689. The van der Waals surface area contributed by atoms with E-state index in [4.69, 9.17) is 4.74 Å². The van der Waals surface area contributed by atoms with Crippen LogP contribution in [0.1, 0.15) is 35.3 Å². The molecule has 1 aliphatic heterocycles. The number of aromatic nitrogens is 5. The molecule has 1 saturated carbocycles. The first-order valence-corrected chi connectivity index (χ1v) is 13.5. The van der Waals surface area contributed by atoms with Crippen LogP contribution in [0, 0.1) is 12.3 Å². The van der Waals surface area contributed by atoms with E-state index < -0.39 is 0 Å². The number of hydrogen-bond donors (Lipinski definition) is 2. The molecule has 2 N–H and O–H groups in total. The average molecular weight is 535 g/mol. The van der Waals surface area contributed by atoms with Crippen molar-refractivity contribution in [1.29, 1.82) is 0 Å². The maximum atomic E-state index is 13.2. The van der Waals surface area contributed by atoms with Crippen molar-refractivity contribution in [3.05, 3.63) is 48.3 Å². The Bertz CT molecular complexity index is 1500. The van der Waals surface area contributed by atoms with Crippen molar-refractivity contribution in [3.63, 3.8) is 0 Å². The van der Waals surface area contributed by atoms with Gasteiger partial charge in [-0.3, -0.25) is 24.2 Å². The van der Waals surface area contributed by atoms with Gasteiger partial charge in [0.15, 0.2) is 0 Å². The zero-order chi connectivity index (χ0) is 26.3. The first-order chi connectivity index (χ1) is 18.4. The first kappa shape index (κ1) is 24.7. The molecule has 12 heteroatoms. The summed E-state index contributed by atoms with van der Waals surface area (Å²) in [5.41, 5.74) is 3.65. The highest BCUT2D eigenvalue weighted by Crippen LogP contribution is 2.52. The topological polar surface area (TPSA) is 119 Å². The highest BCUT2D eigenvalue weighted by Gasteiger charge is 2.47. The molecule has 1 saturated heterocycles. The van der Waals surface area contributed by atoms with Crippen LogP contribution in [0.2, 0.25) is 0 Å². The van der Waals surface area contributed by atoms with E-state index in [0.717, 1.165) is 28.4 Å². The molecule has 198 valence electrons. The summed E-state index contributed by atoms with van der Waals surface area (Å²) in [5.74, 6) is -0.356. The molecule has 2 fully saturated rings. The van der Waals surface area contributed by atoms with E-state index in [1.54, 1.807) is 36.3 Å². The van der Waals surface area contributed by atoms with E-state index in [0.29, 0.717) is 47.7 Å². The van der Waals surface area contributed by atoms with Gasteiger partial charge in [-0.1, -0.05) is 0 Å². The summed E-state index contributed by atoms with van der Waals surface area (Å²) in [6.07, 6.45) is 12.6. The molecule has 2 amide bonds. The van der Waals surface area contributed by atoms with Crippen molar-refractivity contribution in [3.8, 4) is 10.4 Å². The van der Waals surface area contributed by atoms with E-state index in [1.165, 1.54) is 30.6 Å². The van der Waals surface area contributed by atoms with Crippen LogP contribution in [0.3, 0.4) is 0 Å². The lowest BCUT2D eigenvalue weighted by atomic mass is 10.1. The highest BCUT2D eigenvalue weighted by molar-refractivity contribution is 7.21. The Morgan fingerprint density at radius 3 is 2.79 bits per heavy atom. The second-order valence-corrected chi connectivity index (χ2v) is 11.2. The van der Waals surface area contributed by atoms with Crippen molar-refractivity contribution in [2.45, 2.75) is 32.7 Å². The number of likely N-dealkylation sites (tertiary alicyclic amines) is 1. The van der Waals surface area contributed by atoms with Gasteiger partial charge in [0.25, 0.3) is 5.91 Å². The molecule has 0 unspecified atom stereocenters. The Labute approximate surface area is 223 Å². The molecule has 1 spiro atoms. The molecule has 0 aromatic carbocycles. The van der Waals surface area contributed by atoms with E-state index in [9.17, 15) is 9.59 Å². The predicted octanol–water partition coefficient (Wildman–Crippen LogP) is 3.29. The van der Waals surface area contributed by atoms with Gasteiger partial charge in [-0.05, 0) is 44.2 Å². The number of fused-ring (bicyclic) bond motifs is 1. The van der Waals surface area contributed by atoms with Crippen LogP contribution in [-0.4, -0.2) is 74.4 Å². The summed E-state index contributed by atoms with van der Waals surface area (Å²) >= 11 is 1.47. The molecule has 38 heavy (non-hydrogen) atoms. The van der Waals surface area contributed by atoms with Gasteiger partial charge in [0.1, 0.15) is 4.83 Å². The second kappa shape index (κ2) is 9.93. The number of anilines is 2. The van der Waals surface area contributed by atoms with Crippen LogP contribution in [-0.2, 0) is 16.1 Å². The van der Waals surface area contributed by atoms with Gasteiger partial charge in [-0.15, -0.1) is 11.3 Å². The van der Waals surface area contributed by atoms with Crippen molar-refractivity contribution in [1.82, 2.24) is 29.3 Å². The fourth-order valence-electron chi connectivity index (χ4n) is 4.94. The van der Waals surface area contributed by atoms with Gasteiger partial charge in [0.2, 0.25) is 5.91 Å². The summed E-state index contributed by atoms with van der Waals surface area (Å²) in [6.45, 7) is 5.42. The largest absolute Gasteiger partial charge is 0.383 e. The van der Waals surface area contributed by atoms with Crippen LogP contribution >= 0.6 is 11.3 Å². The summed E-state index contributed by atoms with van der Waals surface area (Å²) in [6, 6.07) is 1.75. The third-order valence-corrected chi connectivity index (χ3v) is 8.50. The van der Waals surface area contributed by atoms with Crippen molar-refractivity contribution in [2.24, 2.45) is 5.41 Å². The minimum atomic E-state index is -0.288. The lowest BCUT2D eigenvalue weighted by Crippen LogP contribution is -2.31. The number of carbonyl (C=O) groups is 2. The number of hydrogen-bond acceptors (Lipinski definition) is 8. The van der Waals surface area contributed by atoms with E-state index in [1.807, 2.05) is 24.0 Å². The number of pyridine rings is 1. The van der Waals surface area contributed by atoms with Crippen LogP contribution in [0.25, 0.3) is 15.3 Å². The number of nitrogens with one attached hydrogen (secondary N) is 2. The van der Waals surface area contributed by atoms with Crippen molar-refractivity contribution >= 4 is 39.4 Å². The summed E-state index contributed by atoms with van der Waals surface area (Å²) in [4.78, 5) is 34.2. The highest BCUT2D eigenvalue weighted by atomic mass is 32.1. The van der Waals surface area contributed by atoms with E-state index in [-0.39, 0.29) is 11.8 Å². The van der Waals surface area contributed by atoms with Gasteiger partial charge in [-0.25, -0.2) is 4.52 Å².